The summed E-state index contributed by atoms with van der Waals surface area (Å²) in [5.74, 6) is -1.05. The molecule has 3 heteroatoms. The molecule has 0 saturated carbocycles. The average molecular weight is 275 g/mol. The van der Waals surface area contributed by atoms with Crippen LogP contribution >= 0.6 is 0 Å². The quantitative estimate of drug-likeness (QED) is 0.831. The standard InChI is InChI=1S/C17H19F2N/c1-2-20-17(9-8-13-6-4-3-5-7-13)14-10-15(18)12-16(19)11-14/h3-7,10-12,17,20H,2,8-9H2,1H3. The highest BCUT2D eigenvalue weighted by molar-refractivity contribution is 5.22. The summed E-state index contributed by atoms with van der Waals surface area (Å²) in [6.07, 6.45) is 1.68. The summed E-state index contributed by atoms with van der Waals surface area (Å²) in [4.78, 5) is 0. The molecule has 2 rings (SSSR count). The molecule has 1 nitrogen and oxygen atoms in total. The number of halogens is 2. The van der Waals surface area contributed by atoms with Crippen molar-refractivity contribution < 1.29 is 8.78 Å². The van der Waals surface area contributed by atoms with Crippen LogP contribution < -0.4 is 5.32 Å². The van der Waals surface area contributed by atoms with Crippen LogP contribution in [0.3, 0.4) is 0 Å². The second-order valence-corrected chi connectivity index (χ2v) is 4.84. The Bertz CT molecular complexity index is 520. The van der Waals surface area contributed by atoms with Gasteiger partial charge in [-0.15, -0.1) is 0 Å². The maximum atomic E-state index is 13.3. The normalized spacial score (nSPS) is 12.3. The van der Waals surface area contributed by atoms with Crippen LogP contribution in [0.25, 0.3) is 0 Å². The molecule has 1 atom stereocenters. The number of hydrogen-bond donors (Lipinski definition) is 1. The van der Waals surface area contributed by atoms with Gasteiger partial charge in [0.1, 0.15) is 11.6 Å². The van der Waals surface area contributed by atoms with Crippen molar-refractivity contribution in [3.63, 3.8) is 0 Å². The zero-order valence-corrected chi connectivity index (χ0v) is 11.6. The minimum Gasteiger partial charge on any atom is -0.310 e. The van der Waals surface area contributed by atoms with Crippen LogP contribution in [0.15, 0.2) is 48.5 Å². The summed E-state index contributed by atoms with van der Waals surface area (Å²) in [6.45, 7) is 2.75. The van der Waals surface area contributed by atoms with E-state index in [1.165, 1.54) is 17.7 Å². The van der Waals surface area contributed by atoms with E-state index < -0.39 is 11.6 Å². The van der Waals surface area contributed by atoms with Crippen LogP contribution in [0, 0.1) is 11.6 Å². The van der Waals surface area contributed by atoms with E-state index in [4.69, 9.17) is 0 Å². The van der Waals surface area contributed by atoms with Gasteiger partial charge in [0.05, 0.1) is 0 Å². The maximum absolute atomic E-state index is 13.3. The molecule has 0 radical (unpaired) electrons. The molecule has 0 saturated heterocycles. The van der Waals surface area contributed by atoms with Crippen molar-refractivity contribution in [2.75, 3.05) is 6.54 Å². The Morgan fingerprint density at radius 2 is 1.65 bits per heavy atom. The highest BCUT2D eigenvalue weighted by Gasteiger charge is 2.12. The summed E-state index contributed by atoms with van der Waals surface area (Å²) in [5, 5.41) is 3.29. The zero-order valence-electron chi connectivity index (χ0n) is 11.6. The van der Waals surface area contributed by atoms with Crippen molar-refractivity contribution in [3.8, 4) is 0 Å². The van der Waals surface area contributed by atoms with E-state index in [1.54, 1.807) is 0 Å². The highest BCUT2D eigenvalue weighted by Crippen LogP contribution is 2.21. The summed E-state index contributed by atoms with van der Waals surface area (Å²) < 4.78 is 26.6. The number of nitrogens with one attached hydrogen (secondary N) is 1. The molecule has 1 N–H and O–H groups in total. The van der Waals surface area contributed by atoms with Gasteiger partial charge in [-0.2, -0.15) is 0 Å². The molecule has 106 valence electrons. The monoisotopic (exact) mass is 275 g/mol. The van der Waals surface area contributed by atoms with Crippen molar-refractivity contribution in [3.05, 3.63) is 71.3 Å². The molecular weight excluding hydrogens is 256 g/mol. The first-order valence-electron chi connectivity index (χ1n) is 6.92. The van der Waals surface area contributed by atoms with E-state index >= 15 is 0 Å². The van der Waals surface area contributed by atoms with Crippen LogP contribution in [0.5, 0.6) is 0 Å². The lowest BCUT2D eigenvalue weighted by atomic mass is 9.98. The SMILES string of the molecule is CCNC(CCc1ccccc1)c1cc(F)cc(F)c1. The van der Waals surface area contributed by atoms with Crippen LogP contribution in [0.1, 0.15) is 30.5 Å². The Kier molecular flexibility index (Phi) is 5.24. The van der Waals surface area contributed by atoms with Gasteiger partial charge < -0.3 is 5.32 Å². The van der Waals surface area contributed by atoms with Gasteiger partial charge in [-0.3, -0.25) is 0 Å². The first-order valence-corrected chi connectivity index (χ1v) is 6.92. The molecule has 0 heterocycles. The second-order valence-electron chi connectivity index (χ2n) is 4.84. The van der Waals surface area contributed by atoms with Gasteiger partial charge in [0.25, 0.3) is 0 Å². The zero-order chi connectivity index (χ0) is 14.4. The lowest BCUT2D eigenvalue weighted by molar-refractivity contribution is 0.503. The van der Waals surface area contributed by atoms with Crippen LogP contribution in [0.2, 0.25) is 0 Å². The van der Waals surface area contributed by atoms with Crippen molar-refractivity contribution >= 4 is 0 Å². The third kappa shape index (κ3) is 4.14. The predicted octanol–water partition coefficient (Wildman–Crippen LogP) is 4.25. The Hall–Kier alpha value is -1.74. The Morgan fingerprint density at radius 3 is 2.25 bits per heavy atom. The Morgan fingerprint density at radius 1 is 1.00 bits per heavy atom. The molecule has 2 aromatic carbocycles. The fourth-order valence-electron chi connectivity index (χ4n) is 2.37. The van der Waals surface area contributed by atoms with Gasteiger partial charge >= 0.3 is 0 Å². The summed E-state index contributed by atoms with van der Waals surface area (Å²) in [6, 6.07) is 13.8. The van der Waals surface area contributed by atoms with E-state index in [1.807, 2.05) is 25.1 Å². The summed E-state index contributed by atoms with van der Waals surface area (Å²) in [5.41, 5.74) is 1.90. The van der Waals surface area contributed by atoms with Crippen molar-refractivity contribution in [2.24, 2.45) is 0 Å². The largest absolute Gasteiger partial charge is 0.310 e. The first kappa shape index (κ1) is 14.7. The smallest absolute Gasteiger partial charge is 0.126 e. The van der Waals surface area contributed by atoms with E-state index in [0.29, 0.717) is 5.56 Å². The first-order chi connectivity index (χ1) is 9.69. The van der Waals surface area contributed by atoms with Crippen molar-refractivity contribution in [1.29, 1.82) is 0 Å². The molecule has 0 aromatic heterocycles. The van der Waals surface area contributed by atoms with Gasteiger partial charge in [0, 0.05) is 12.1 Å². The highest BCUT2D eigenvalue weighted by atomic mass is 19.1. The summed E-state index contributed by atoms with van der Waals surface area (Å²) >= 11 is 0. The van der Waals surface area contributed by atoms with Gasteiger partial charge in [0.15, 0.2) is 0 Å². The average Bonchev–Trinajstić information content (AvgIpc) is 2.43. The molecular formula is C17H19F2N. The van der Waals surface area contributed by atoms with Crippen molar-refractivity contribution in [2.45, 2.75) is 25.8 Å². The molecule has 0 amide bonds. The molecule has 0 spiro atoms. The second kappa shape index (κ2) is 7.15. The molecule has 0 fully saturated rings. The molecule has 20 heavy (non-hydrogen) atoms. The molecule has 0 aliphatic heterocycles. The number of benzene rings is 2. The van der Waals surface area contributed by atoms with Gasteiger partial charge in [0.2, 0.25) is 0 Å². The third-order valence-electron chi connectivity index (χ3n) is 3.30. The minimum absolute atomic E-state index is 0.0367. The number of hydrogen-bond acceptors (Lipinski definition) is 1. The fraction of sp³-hybridized carbons (Fsp3) is 0.294. The lowest BCUT2D eigenvalue weighted by Gasteiger charge is -2.18. The molecule has 0 bridgehead atoms. The van der Waals surface area contributed by atoms with E-state index in [2.05, 4.69) is 17.4 Å². The van der Waals surface area contributed by atoms with Crippen LogP contribution in [-0.4, -0.2) is 6.54 Å². The minimum atomic E-state index is -0.525. The van der Waals surface area contributed by atoms with E-state index in [9.17, 15) is 8.78 Å². The van der Waals surface area contributed by atoms with Gasteiger partial charge in [-0.1, -0.05) is 37.3 Å². The van der Waals surface area contributed by atoms with Gasteiger partial charge in [-0.05, 0) is 42.6 Å². The lowest BCUT2D eigenvalue weighted by Crippen LogP contribution is -2.21. The maximum Gasteiger partial charge on any atom is 0.126 e. The van der Waals surface area contributed by atoms with Crippen molar-refractivity contribution in [1.82, 2.24) is 5.32 Å². The fourth-order valence-corrected chi connectivity index (χ4v) is 2.37. The van der Waals surface area contributed by atoms with Crippen LogP contribution in [-0.2, 0) is 6.42 Å². The van der Waals surface area contributed by atoms with E-state index in [0.717, 1.165) is 25.5 Å². The number of rotatable bonds is 6. The molecule has 2 aromatic rings. The number of aryl methyl sites for hydroxylation is 1. The van der Waals surface area contributed by atoms with Crippen LogP contribution in [0.4, 0.5) is 8.78 Å². The van der Waals surface area contributed by atoms with E-state index in [-0.39, 0.29) is 6.04 Å². The van der Waals surface area contributed by atoms with Gasteiger partial charge in [-0.25, -0.2) is 8.78 Å². The Balaban J connectivity index is 2.10. The molecule has 0 aliphatic carbocycles. The topological polar surface area (TPSA) is 12.0 Å². The molecule has 1 unspecified atom stereocenters. The third-order valence-corrected chi connectivity index (χ3v) is 3.30. The Labute approximate surface area is 118 Å². The predicted molar refractivity (Wildman–Crippen MR) is 77.5 cm³/mol. The molecule has 0 aliphatic rings. The summed E-state index contributed by atoms with van der Waals surface area (Å²) in [7, 11) is 0.